The second kappa shape index (κ2) is 14.3. The zero-order chi connectivity index (χ0) is 31.9. The number of alkyl halides is 3. The maximum absolute atomic E-state index is 14.1. The Kier molecular flexibility index (Phi) is 11.3. The average Bonchev–Trinajstić information content (AvgIpc) is 2.96. The highest BCUT2D eigenvalue weighted by Gasteiger charge is 2.36. The van der Waals surface area contributed by atoms with Crippen molar-refractivity contribution in [3.63, 3.8) is 0 Å². The fourth-order valence-corrected chi connectivity index (χ4v) is 5.98. The van der Waals surface area contributed by atoms with Crippen molar-refractivity contribution in [1.29, 1.82) is 0 Å². The quantitative estimate of drug-likeness (QED) is 0.243. The third kappa shape index (κ3) is 8.51. The van der Waals surface area contributed by atoms with Gasteiger partial charge in [-0.1, -0.05) is 67.4 Å². The third-order valence-electron chi connectivity index (χ3n) is 7.03. The predicted octanol–water partition coefficient (Wildman–Crippen LogP) is 6.58. The second-order valence-corrected chi connectivity index (χ2v) is 12.5. The van der Waals surface area contributed by atoms with Gasteiger partial charge in [-0.3, -0.25) is 13.9 Å². The molecule has 2 atom stereocenters. The summed E-state index contributed by atoms with van der Waals surface area (Å²) in [5.41, 5.74) is -0.142. The minimum Gasteiger partial charge on any atom is -0.352 e. The molecule has 232 valence electrons. The Hall–Kier alpha value is -3.57. The first-order chi connectivity index (χ1) is 20.2. The van der Waals surface area contributed by atoms with Gasteiger partial charge in [-0.15, -0.1) is 0 Å². The molecule has 0 aliphatic heterocycles. The number of carbonyl (C=O) groups is 2. The van der Waals surface area contributed by atoms with Gasteiger partial charge in [-0.2, -0.15) is 13.2 Å². The summed E-state index contributed by atoms with van der Waals surface area (Å²) in [5, 5.41) is 3.20. The van der Waals surface area contributed by atoms with Crippen LogP contribution in [0, 0.1) is 6.92 Å². The van der Waals surface area contributed by atoms with Crippen molar-refractivity contribution >= 4 is 39.1 Å². The van der Waals surface area contributed by atoms with Crippen molar-refractivity contribution in [2.24, 2.45) is 0 Å². The fraction of sp³-hybridized carbons (Fsp3) is 0.355. The summed E-state index contributed by atoms with van der Waals surface area (Å²) in [6.07, 6.45) is -3.93. The van der Waals surface area contributed by atoms with E-state index >= 15 is 0 Å². The van der Waals surface area contributed by atoms with E-state index in [1.54, 1.807) is 50.2 Å². The van der Waals surface area contributed by atoms with Crippen molar-refractivity contribution < 1.29 is 31.2 Å². The van der Waals surface area contributed by atoms with Crippen LogP contribution in [0.4, 0.5) is 18.9 Å². The Labute approximate surface area is 255 Å². The average molecular weight is 638 g/mol. The molecule has 2 amide bonds. The lowest BCUT2D eigenvalue weighted by atomic mass is 10.1. The van der Waals surface area contributed by atoms with Gasteiger partial charge in [0.1, 0.15) is 12.6 Å². The summed E-state index contributed by atoms with van der Waals surface area (Å²) in [7, 11) is -4.53. The minimum atomic E-state index is -4.75. The van der Waals surface area contributed by atoms with Crippen LogP contribution in [0.5, 0.6) is 0 Å². The molecule has 0 saturated carbocycles. The summed E-state index contributed by atoms with van der Waals surface area (Å²) in [6.45, 7) is 6.17. The van der Waals surface area contributed by atoms with E-state index in [2.05, 4.69) is 5.32 Å². The van der Waals surface area contributed by atoms with Crippen LogP contribution < -0.4 is 9.62 Å². The van der Waals surface area contributed by atoms with Gasteiger partial charge in [0.2, 0.25) is 11.8 Å². The van der Waals surface area contributed by atoms with Crippen LogP contribution in [0.2, 0.25) is 5.02 Å². The molecule has 0 aromatic heterocycles. The molecule has 0 aliphatic carbocycles. The monoisotopic (exact) mass is 637 g/mol. The highest BCUT2D eigenvalue weighted by atomic mass is 35.5. The van der Waals surface area contributed by atoms with E-state index in [1.165, 1.54) is 23.1 Å². The fourth-order valence-electron chi connectivity index (χ4n) is 4.37. The van der Waals surface area contributed by atoms with Gasteiger partial charge in [-0.05, 0) is 68.7 Å². The molecule has 0 spiro atoms. The Morgan fingerprint density at radius 3 is 2.19 bits per heavy atom. The van der Waals surface area contributed by atoms with E-state index in [0.717, 1.165) is 17.7 Å². The standard InChI is InChI=1S/C31H35ClF3N3O4S/c1-5-22(4)36-30(40)28(6-2)37(19-23-10-7-8-13-27(23)32)29(39)20-38(25-12-9-11-24(18-25)31(33,34)35)43(41,42)26-16-14-21(3)15-17-26/h7-18,22,28H,5-6,19-20H2,1-4H3,(H,36,40)/t22-,28+/m1/s1. The molecule has 0 aliphatic rings. The van der Waals surface area contributed by atoms with Crippen molar-refractivity contribution in [1.82, 2.24) is 10.2 Å². The van der Waals surface area contributed by atoms with E-state index in [9.17, 15) is 31.2 Å². The SMILES string of the molecule is CC[C@@H](C)NC(=O)[C@H](CC)N(Cc1ccccc1Cl)C(=O)CN(c1cccc(C(F)(F)F)c1)S(=O)(=O)c1ccc(C)cc1. The van der Waals surface area contributed by atoms with Gasteiger partial charge in [0.15, 0.2) is 0 Å². The number of benzene rings is 3. The first-order valence-electron chi connectivity index (χ1n) is 13.8. The zero-order valence-corrected chi connectivity index (χ0v) is 25.9. The van der Waals surface area contributed by atoms with E-state index in [0.29, 0.717) is 27.4 Å². The summed E-state index contributed by atoms with van der Waals surface area (Å²) >= 11 is 6.38. The number of hydrogen-bond acceptors (Lipinski definition) is 4. The number of aryl methyl sites for hydroxylation is 1. The number of nitrogens with one attached hydrogen (secondary N) is 1. The summed E-state index contributed by atoms with van der Waals surface area (Å²) in [6, 6.07) is 15.0. The lowest BCUT2D eigenvalue weighted by Crippen LogP contribution is -2.53. The van der Waals surface area contributed by atoms with Gasteiger partial charge in [-0.25, -0.2) is 8.42 Å². The van der Waals surface area contributed by atoms with E-state index < -0.39 is 46.2 Å². The van der Waals surface area contributed by atoms with Gasteiger partial charge in [0.25, 0.3) is 10.0 Å². The Morgan fingerprint density at radius 2 is 1.60 bits per heavy atom. The molecule has 0 radical (unpaired) electrons. The maximum atomic E-state index is 14.1. The number of halogens is 4. The molecular formula is C31H35ClF3N3O4S. The minimum absolute atomic E-state index is 0.133. The molecule has 0 fully saturated rings. The molecule has 3 aromatic carbocycles. The summed E-state index contributed by atoms with van der Waals surface area (Å²) in [5.74, 6) is -1.23. The van der Waals surface area contributed by atoms with Gasteiger partial charge >= 0.3 is 6.18 Å². The van der Waals surface area contributed by atoms with Crippen LogP contribution in [0.25, 0.3) is 0 Å². The Morgan fingerprint density at radius 1 is 0.953 bits per heavy atom. The molecular weight excluding hydrogens is 603 g/mol. The van der Waals surface area contributed by atoms with E-state index in [4.69, 9.17) is 11.6 Å². The summed E-state index contributed by atoms with van der Waals surface area (Å²) < 4.78 is 69.4. The Balaban J connectivity index is 2.13. The first-order valence-corrected chi connectivity index (χ1v) is 15.6. The largest absolute Gasteiger partial charge is 0.416 e. The zero-order valence-electron chi connectivity index (χ0n) is 24.4. The molecule has 1 N–H and O–H groups in total. The van der Waals surface area contributed by atoms with Gasteiger partial charge in [0, 0.05) is 17.6 Å². The lowest BCUT2D eigenvalue weighted by molar-refractivity contribution is -0.140. The Bertz CT molecular complexity index is 1530. The highest BCUT2D eigenvalue weighted by molar-refractivity contribution is 7.92. The smallest absolute Gasteiger partial charge is 0.352 e. The van der Waals surface area contributed by atoms with Crippen LogP contribution in [0.1, 0.15) is 50.3 Å². The molecule has 0 unspecified atom stereocenters. The van der Waals surface area contributed by atoms with Gasteiger partial charge in [0.05, 0.1) is 16.1 Å². The second-order valence-electron chi connectivity index (χ2n) is 10.2. The number of nitrogens with zero attached hydrogens (tertiary/aromatic N) is 2. The van der Waals surface area contributed by atoms with E-state index in [-0.39, 0.29) is 29.6 Å². The predicted molar refractivity (Wildman–Crippen MR) is 161 cm³/mol. The highest BCUT2D eigenvalue weighted by Crippen LogP contribution is 2.33. The molecule has 3 rings (SSSR count). The van der Waals surface area contributed by atoms with Crippen molar-refractivity contribution in [2.45, 2.75) is 70.2 Å². The molecule has 0 saturated heterocycles. The molecule has 7 nitrogen and oxygen atoms in total. The number of rotatable bonds is 12. The molecule has 0 bridgehead atoms. The maximum Gasteiger partial charge on any atom is 0.416 e. The molecule has 43 heavy (non-hydrogen) atoms. The molecule has 3 aromatic rings. The van der Waals surface area contributed by atoms with Crippen molar-refractivity contribution in [2.75, 3.05) is 10.8 Å². The first kappa shape index (κ1) is 33.9. The number of anilines is 1. The number of carbonyl (C=O) groups excluding carboxylic acids is 2. The van der Waals surface area contributed by atoms with Crippen LogP contribution in [-0.4, -0.2) is 43.8 Å². The van der Waals surface area contributed by atoms with Crippen LogP contribution in [0.3, 0.4) is 0 Å². The van der Waals surface area contributed by atoms with Gasteiger partial charge < -0.3 is 10.2 Å². The van der Waals surface area contributed by atoms with Crippen LogP contribution >= 0.6 is 11.6 Å². The third-order valence-corrected chi connectivity index (χ3v) is 9.19. The molecule has 0 heterocycles. The summed E-state index contributed by atoms with van der Waals surface area (Å²) in [4.78, 5) is 28.4. The van der Waals surface area contributed by atoms with Crippen LogP contribution in [0.15, 0.2) is 77.7 Å². The van der Waals surface area contributed by atoms with Crippen molar-refractivity contribution in [3.05, 3.63) is 94.5 Å². The lowest BCUT2D eigenvalue weighted by Gasteiger charge is -2.34. The van der Waals surface area contributed by atoms with Crippen LogP contribution in [-0.2, 0) is 32.3 Å². The number of sulfonamides is 1. The molecule has 12 heteroatoms. The number of amides is 2. The topological polar surface area (TPSA) is 86.8 Å². The number of hydrogen-bond donors (Lipinski definition) is 1. The van der Waals surface area contributed by atoms with Crippen molar-refractivity contribution in [3.8, 4) is 0 Å². The normalized spacial score (nSPS) is 13.2. The van der Waals surface area contributed by atoms with E-state index in [1.807, 2.05) is 13.8 Å².